The Morgan fingerprint density at radius 3 is 2.61 bits per heavy atom. The van der Waals surface area contributed by atoms with Crippen molar-refractivity contribution in [1.29, 1.82) is 0 Å². The highest BCUT2D eigenvalue weighted by molar-refractivity contribution is 6.44. The van der Waals surface area contributed by atoms with Crippen LogP contribution in [0.15, 0.2) is 30.3 Å². The van der Waals surface area contributed by atoms with E-state index in [4.69, 9.17) is 14.0 Å². The van der Waals surface area contributed by atoms with E-state index in [0.717, 1.165) is 11.8 Å². The van der Waals surface area contributed by atoms with E-state index < -0.39 is 18.8 Å². The molecule has 1 aromatic rings. The van der Waals surface area contributed by atoms with Gasteiger partial charge in [-0.2, -0.15) is 0 Å². The Balaban J connectivity index is 1.95. The minimum absolute atomic E-state index is 0.121. The van der Waals surface area contributed by atoms with Gasteiger partial charge in [0.2, 0.25) is 0 Å². The maximum Gasteiger partial charge on any atom is 0.462 e. The number of ether oxygens (including phenoxy) is 1. The number of carbonyl (C=O) groups excluding carboxylic acids is 2. The summed E-state index contributed by atoms with van der Waals surface area (Å²) in [5, 5.41) is 0. The van der Waals surface area contributed by atoms with E-state index in [0.29, 0.717) is 12.7 Å². The van der Waals surface area contributed by atoms with Crippen molar-refractivity contribution in [3.8, 4) is 0 Å². The van der Waals surface area contributed by atoms with E-state index in [1.54, 1.807) is 0 Å². The van der Waals surface area contributed by atoms with Crippen LogP contribution in [0.5, 0.6) is 0 Å². The third-order valence-electron chi connectivity index (χ3n) is 3.38. The van der Waals surface area contributed by atoms with Crippen molar-refractivity contribution in [3.05, 3.63) is 35.9 Å². The molecule has 0 bridgehead atoms. The molecule has 0 amide bonds. The molecule has 0 unspecified atom stereocenters. The zero-order chi connectivity index (χ0) is 16.9. The number of rotatable bonds is 5. The first kappa shape index (κ1) is 17.7. The van der Waals surface area contributed by atoms with Gasteiger partial charge in [0.05, 0.1) is 12.5 Å². The normalized spacial score (nSPS) is 21.8. The molecule has 1 aliphatic heterocycles. The molecule has 0 spiro atoms. The molecule has 2 atom stereocenters. The maximum absolute atomic E-state index is 12.0. The van der Waals surface area contributed by atoms with Crippen LogP contribution in [0.3, 0.4) is 0 Å². The molecule has 0 N–H and O–H groups in total. The molecule has 1 saturated heterocycles. The van der Waals surface area contributed by atoms with E-state index in [2.05, 4.69) is 0 Å². The number of hydrogen-bond acceptors (Lipinski definition) is 5. The average molecular weight is 318 g/mol. The molecule has 1 aromatic carbocycles. The van der Waals surface area contributed by atoms with Gasteiger partial charge in [0, 0.05) is 12.7 Å². The van der Waals surface area contributed by atoms with Crippen molar-refractivity contribution in [1.82, 2.24) is 0 Å². The minimum atomic E-state index is -0.551. The lowest BCUT2D eigenvalue weighted by Crippen LogP contribution is -2.44. The second-order valence-corrected chi connectivity index (χ2v) is 6.71. The summed E-state index contributed by atoms with van der Waals surface area (Å²) in [6, 6.07) is 9.76. The Morgan fingerprint density at radius 1 is 1.30 bits per heavy atom. The van der Waals surface area contributed by atoms with Crippen LogP contribution in [0.1, 0.15) is 39.2 Å². The van der Waals surface area contributed by atoms with Crippen LogP contribution in [-0.4, -0.2) is 37.2 Å². The molecule has 0 aromatic heterocycles. The summed E-state index contributed by atoms with van der Waals surface area (Å²) in [7, 11) is -0.534. The van der Waals surface area contributed by atoms with Gasteiger partial charge < -0.3 is 18.8 Å². The van der Waals surface area contributed by atoms with E-state index in [-0.39, 0.29) is 18.5 Å². The van der Waals surface area contributed by atoms with Crippen molar-refractivity contribution >= 4 is 19.4 Å². The summed E-state index contributed by atoms with van der Waals surface area (Å²) >= 11 is 0. The van der Waals surface area contributed by atoms with Gasteiger partial charge >= 0.3 is 13.1 Å². The van der Waals surface area contributed by atoms with Gasteiger partial charge in [-0.1, -0.05) is 35.9 Å². The van der Waals surface area contributed by atoms with E-state index in [1.165, 1.54) is 0 Å². The van der Waals surface area contributed by atoms with E-state index in [1.807, 2.05) is 51.1 Å². The third kappa shape index (κ3) is 6.16. The summed E-state index contributed by atoms with van der Waals surface area (Å²) in [6.07, 6.45) is 0.871. The quantitative estimate of drug-likeness (QED) is 0.474. The highest BCUT2D eigenvalue weighted by Gasteiger charge is 2.35. The van der Waals surface area contributed by atoms with Crippen LogP contribution in [0, 0.1) is 0 Å². The van der Waals surface area contributed by atoms with Gasteiger partial charge in [-0.05, 0) is 20.8 Å². The van der Waals surface area contributed by atoms with Gasteiger partial charge in [-0.3, -0.25) is 4.79 Å². The Labute approximate surface area is 137 Å². The molecule has 124 valence electrons. The summed E-state index contributed by atoms with van der Waals surface area (Å²) in [4.78, 5) is 23.1. The Bertz CT molecular complexity index is 526. The average Bonchev–Trinajstić information content (AvgIpc) is 2.45. The van der Waals surface area contributed by atoms with Crippen molar-refractivity contribution in [3.63, 3.8) is 0 Å². The maximum atomic E-state index is 12.0. The summed E-state index contributed by atoms with van der Waals surface area (Å²) < 4.78 is 16.8. The Morgan fingerprint density at radius 2 is 2.00 bits per heavy atom. The fourth-order valence-corrected chi connectivity index (χ4v) is 2.50. The number of hydrogen-bond donors (Lipinski definition) is 0. The van der Waals surface area contributed by atoms with E-state index >= 15 is 0 Å². The highest BCUT2D eigenvalue weighted by atomic mass is 16.6. The van der Waals surface area contributed by atoms with Crippen LogP contribution in [0.4, 0.5) is 0 Å². The fourth-order valence-electron chi connectivity index (χ4n) is 2.50. The molecule has 2 rings (SSSR count). The molecular formula is C17H23BO5. The van der Waals surface area contributed by atoms with Crippen LogP contribution >= 0.6 is 0 Å². The van der Waals surface area contributed by atoms with Crippen molar-refractivity contribution < 1.29 is 23.6 Å². The molecule has 0 radical (unpaired) electrons. The molecule has 1 aliphatic rings. The van der Waals surface area contributed by atoms with Gasteiger partial charge in [-0.25, -0.2) is 0 Å². The SMILES string of the molecule is CC(C)(C)OC(=O)C[C@H]1C[C@@H](C=O)OB(Cc2ccccc2)O1. The Kier molecular flexibility index (Phi) is 5.96. The molecule has 1 heterocycles. The van der Waals surface area contributed by atoms with Crippen LogP contribution in [-0.2, 0) is 30.0 Å². The lowest BCUT2D eigenvalue weighted by atomic mass is 9.78. The second-order valence-electron chi connectivity index (χ2n) is 6.71. The number of benzene rings is 1. The molecule has 0 saturated carbocycles. The van der Waals surface area contributed by atoms with Gasteiger partial charge in [0.15, 0.2) is 0 Å². The van der Waals surface area contributed by atoms with Crippen molar-refractivity contribution in [2.45, 2.75) is 57.7 Å². The highest BCUT2D eigenvalue weighted by Crippen LogP contribution is 2.21. The van der Waals surface area contributed by atoms with Crippen LogP contribution in [0.25, 0.3) is 0 Å². The molecular weight excluding hydrogens is 295 g/mol. The predicted octanol–water partition coefficient (Wildman–Crippen LogP) is 2.36. The number of esters is 1. The standard InChI is InChI=1S/C17H23BO5/c1-17(2,3)21-16(20)10-14-9-15(12-19)23-18(22-14)11-13-7-5-4-6-8-13/h4-8,12,14-15H,9-11H2,1-3H3/t14-,15+/m1/s1. The van der Waals surface area contributed by atoms with Gasteiger partial charge in [0.1, 0.15) is 18.0 Å². The van der Waals surface area contributed by atoms with Crippen molar-refractivity contribution in [2.24, 2.45) is 0 Å². The first-order valence-electron chi connectivity index (χ1n) is 7.88. The smallest absolute Gasteiger partial charge is 0.460 e. The number of aldehydes is 1. The topological polar surface area (TPSA) is 61.8 Å². The molecule has 0 aliphatic carbocycles. The fraction of sp³-hybridized carbons (Fsp3) is 0.529. The summed E-state index contributed by atoms with van der Waals surface area (Å²) in [5.74, 6) is -0.326. The number of carbonyl (C=O) groups is 2. The van der Waals surface area contributed by atoms with Gasteiger partial charge in [0.25, 0.3) is 0 Å². The monoisotopic (exact) mass is 318 g/mol. The van der Waals surface area contributed by atoms with Gasteiger partial charge in [-0.15, -0.1) is 0 Å². The largest absolute Gasteiger partial charge is 0.462 e. The lowest BCUT2D eigenvalue weighted by Gasteiger charge is -2.32. The molecule has 23 heavy (non-hydrogen) atoms. The third-order valence-corrected chi connectivity index (χ3v) is 3.38. The van der Waals surface area contributed by atoms with E-state index in [9.17, 15) is 9.59 Å². The zero-order valence-electron chi connectivity index (χ0n) is 13.9. The molecule has 1 fully saturated rings. The second kappa shape index (κ2) is 7.75. The first-order valence-corrected chi connectivity index (χ1v) is 7.88. The molecule has 5 nitrogen and oxygen atoms in total. The summed E-state index contributed by atoms with van der Waals surface area (Å²) in [6.45, 7) is 5.46. The van der Waals surface area contributed by atoms with Crippen molar-refractivity contribution in [2.75, 3.05) is 0 Å². The minimum Gasteiger partial charge on any atom is -0.460 e. The first-order chi connectivity index (χ1) is 10.9. The summed E-state index contributed by atoms with van der Waals surface area (Å²) in [5.41, 5.74) is 0.524. The predicted molar refractivity (Wildman–Crippen MR) is 86.8 cm³/mol. The molecule has 6 heteroatoms. The van der Waals surface area contributed by atoms with Crippen LogP contribution in [0.2, 0.25) is 0 Å². The zero-order valence-corrected chi connectivity index (χ0v) is 13.9. The van der Waals surface area contributed by atoms with Crippen LogP contribution < -0.4 is 0 Å². The lowest BCUT2D eigenvalue weighted by molar-refractivity contribution is -0.158. The Hall–Kier alpha value is -1.66.